The molecular formula is C22H28N2O4S. The zero-order valence-electron chi connectivity index (χ0n) is 17.0. The molecule has 6 nitrogen and oxygen atoms in total. The van der Waals surface area contributed by atoms with Gasteiger partial charge in [-0.15, -0.1) is 0 Å². The normalized spacial score (nSPS) is 15.9. The lowest BCUT2D eigenvalue weighted by Crippen LogP contribution is -2.39. The molecule has 1 aliphatic heterocycles. The van der Waals surface area contributed by atoms with Gasteiger partial charge in [-0.25, -0.2) is 8.42 Å². The van der Waals surface area contributed by atoms with Crippen molar-refractivity contribution in [3.8, 4) is 5.75 Å². The molecule has 7 heteroatoms. The quantitative estimate of drug-likeness (QED) is 0.693. The first-order valence-electron chi connectivity index (χ1n) is 9.88. The van der Waals surface area contributed by atoms with Crippen LogP contribution in [0.3, 0.4) is 0 Å². The van der Waals surface area contributed by atoms with Crippen molar-refractivity contribution in [1.82, 2.24) is 9.21 Å². The molecule has 2 aromatic carbocycles. The van der Waals surface area contributed by atoms with Crippen molar-refractivity contribution in [1.29, 1.82) is 0 Å². The third-order valence-electron chi connectivity index (χ3n) is 5.44. The summed E-state index contributed by atoms with van der Waals surface area (Å²) in [5, 5.41) is 0. The summed E-state index contributed by atoms with van der Waals surface area (Å²) < 4.78 is 32.9. The first kappa shape index (κ1) is 21.3. The van der Waals surface area contributed by atoms with Crippen molar-refractivity contribution in [2.75, 3.05) is 27.2 Å². The predicted molar refractivity (Wildman–Crippen MR) is 112 cm³/mol. The third kappa shape index (κ3) is 4.97. The molecule has 1 atom stereocenters. The van der Waals surface area contributed by atoms with Crippen LogP contribution in [0.15, 0.2) is 59.5 Å². The summed E-state index contributed by atoms with van der Waals surface area (Å²) in [6.07, 6.45) is 3.23. The maximum Gasteiger partial charge on any atom is 0.243 e. The van der Waals surface area contributed by atoms with Gasteiger partial charge in [0.15, 0.2) is 0 Å². The van der Waals surface area contributed by atoms with Gasteiger partial charge in [-0.3, -0.25) is 4.79 Å². The molecule has 156 valence electrons. The second kappa shape index (κ2) is 9.41. The van der Waals surface area contributed by atoms with E-state index in [0.29, 0.717) is 5.75 Å². The van der Waals surface area contributed by atoms with Gasteiger partial charge in [-0.1, -0.05) is 30.3 Å². The van der Waals surface area contributed by atoms with E-state index in [2.05, 4.69) is 0 Å². The first-order valence-corrected chi connectivity index (χ1v) is 11.3. The van der Waals surface area contributed by atoms with Gasteiger partial charge < -0.3 is 9.64 Å². The van der Waals surface area contributed by atoms with Crippen molar-refractivity contribution in [3.63, 3.8) is 0 Å². The number of likely N-dealkylation sites (tertiary alicyclic amines) is 1. The van der Waals surface area contributed by atoms with Crippen molar-refractivity contribution in [3.05, 3.63) is 60.2 Å². The number of sulfonamides is 1. The minimum absolute atomic E-state index is 0.0133. The Morgan fingerprint density at radius 3 is 2.24 bits per heavy atom. The first-order chi connectivity index (χ1) is 13.9. The van der Waals surface area contributed by atoms with Crippen LogP contribution < -0.4 is 4.74 Å². The summed E-state index contributed by atoms with van der Waals surface area (Å²) in [5.74, 6) is 0.670. The van der Waals surface area contributed by atoms with Crippen molar-refractivity contribution < 1.29 is 17.9 Å². The number of nitrogens with zero attached hydrogens (tertiary/aromatic N) is 2. The molecule has 3 rings (SSSR count). The highest BCUT2D eigenvalue weighted by Gasteiger charge is 2.32. The number of amides is 1. The van der Waals surface area contributed by atoms with Gasteiger partial charge in [0, 0.05) is 26.6 Å². The van der Waals surface area contributed by atoms with E-state index in [1.165, 1.54) is 4.31 Å². The van der Waals surface area contributed by atoms with Crippen LogP contribution in [0.4, 0.5) is 0 Å². The average Bonchev–Trinajstić information content (AvgIpc) is 2.78. The van der Waals surface area contributed by atoms with Gasteiger partial charge in [0.1, 0.15) is 5.75 Å². The molecule has 1 amide bonds. The van der Waals surface area contributed by atoms with Crippen LogP contribution in [0.2, 0.25) is 0 Å². The van der Waals surface area contributed by atoms with Gasteiger partial charge in [-0.05, 0) is 49.1 Å². The highest BCUT2D eigenvalue weighted by atomic mass is 32.2. The Hall–Kier alpha value is -2.38. The Balaban J connectivity index is 1.91. The SMILES string of the molecule is COc1ccc([C@@H](CC(=O)N2CCCCC2)N(C)S(=O)(=O)c2ccccc2)cc1. The molecule has 1 saturated heterocycles. The molecule has 2 aromatic rings. The van der Waals surface area contributed by atoms with Crippen molar-refractivity contribution >= 4 is 15.9 Å². The largest absolute Gasteiger partial charge is 0.497 e. The lowest BCUT2D eigenvalue weighted by Gasteiger charge is -2.32. The molecule has 29 heavy (non-hydrogen) atoms. The van der Waals surface area contributed by atoms with E-state index in [-0.39, 0.29) is 17.2 Å². The number of hydrogen-bond acceptors (Lipinski definition) is 4. The Morgan fingerprint density at radius 2 is 1.66 bits per heavy atom. The molecule has 1 fully saturated rings. The molecule has 0 saturated carbocycles. The van der Waals surface area contributed by atoms with E-state index in [0.717, 1.165) is 37.9 Å². The zero-order valence-corrected chi connectivity index (χ0v) is 17.8. The molecule has 0 aliphatic carbocycles. The third-order valence-corrected chi connectivity index (χ3v) is 7.32. The van der Waals surface area contributed by atoms with Crippen LogP contribution >= 0.6 is 0 Å². The number of rotatable bonds is 7. The van der Waals surface area contributed by atoms with Gasteiger partial charge in [0.2, 0.25) is 15.9 Å². The summed E-state index contributed by atoms with van der Waals surface area (Å²) in [5.41, 5.74) is 0.762. The highest BCUT2D eigenvalue weighted by molar-refractivity contribution is 7.89. The summed E-state index contributed by atoms with van der Waals surface area (Å²) >= 11 is 0. The summed E-state index contributed by atoms with van der Waals surface area (Å²) in [6.45, 7) is 1.48. The number of carbonyl (C=O) groups is 1. The number of piperidine rings is 1. The van der Waals surface area contributed by atoms with Crippen LogP contribution in [0.5, 0.6) is 5.75 Å². The van der Waals surface area contributed by atoms with E-state index in [9.17, 15) is 13.2 Å². The molecule has 0 aromatic heterocycles. The Kier molecular flexibility index (Phi) is 6.92. The van der Waals surface area contributed by atoms with Gasteiger partial charge in [0.05, 0.1) is 18.0 Å². The Morgan fingerprint density at radius 1 is 1.03 bits per heavy atom. The lowest BCUT2D eigenvalue weighted by molar-refractivity contribution is -0.133. The van der Waals surface area contributed by atoms with Gasteiger partial charge in [-0.2, -0.15) is 4.31 Å². The molecule has 1 heterocycles. The minimum Gasteiger partial charge on any atom is -0.497 e. The second-order valence-corrected chi connectivity index (χ2v) is 9.27. The summed E-state index contributed by atoms with van der Waals surface area (Å²) in [7, 11) is -0.623. The predicted octanol–water partition coefficient (Wildman–Crippen LogP) is 3.46. The maximum absolute atomic E-state index is 13.2. The zero-order chi connectivity index (χ0) is 20.9. The van der Waals surface area contributed by atoms with Gasteiger partial charge >= 0.3 is 0 Å². The second-order valence-electron chi connectivity index (χ2n) is 7.27. The number of hydrogen-bond donors (Lipinski definition) is 0. The number of ether oxygens (including phenoxy) is 1. The fourth-order valence-electron chi connectivity index (χ4n) is 3.65. The van der Waals surface area contributed by atoms with Crippen LogP contribution in [-0.2, 0) is 14.8 Å². The smallest absolute Gasteiger partial charge is 0.243 e. The average molecular weight is 417 g/mol. The van der Waals surface area contributed by atoms with Gasteiger partial charge in [0.25, 0.3) is 0 Å². The van der Waals surface area contributed by atoms with Crippen molar-refractivity contribution in [2.45, 2.75) is 36.6 Å². The van der Waals surface area contributed by atoms with Crippen LogP contribution in [0.25, 0.3) is 0 Å². The fraction of sp³-hybridized carbons (Fsp3) is 0.409. The number of methoxy groups -OCH3 is 1. The molecule has 0 bridgehead atoms. The van der Waals surface area contributed by atoms with Crippen LogP contribution in [-0.4, -0.2) is 50.8 Å². The molecule has 0 radical (unpaired) electrons. The lowest BCUT2D eigenvalue weighted by atomic mass is 10.0. The van der Waals surface area contributed by atoms with Crippen LogP contribution in [0, 0.1) is 0 Å². The monoisotopic (exact) mass is 416 g/mol. The summed E-state index contributed by atoms with van der Waals surface area (Å²) in [4.78, 5) is 15.0. The molecule has 0 spiro atoms. The number of carbonyl (C=O) groups excluding carboxylic acids is 1. The molecular weight excluding hydrogens is 388 g/mol. The fourth-order valence-corrected chi connectivity index (χ4v) is 5.01. The Labute approximate surface area is 173 Å². The van der Waals surface area contributed by atoms with E-state index in [4.69, 9.17) is 4.74 Å². The maximum atomic E-state index is 13.2. The van der Waals surface area contributed by atoms with E-state index >= 15 is 0 Å². The molecule has 0 unspecified atom stereocenters. The van der Waals surface area contributed by atoms with Crippen molar-refractivity contribution in [2.24, 2.45) is 0 Å². The highest BCUT2D eigenvalue weighted by Crippen LogP contribution is 2.31. The molecule has 1 aliphatic rings. The Bertz CT molecular complexity index is 908. The standard InChI is InChI=1S/C22H28N2O4S/c1-23(29(26,27)20-9-5-3-6-10-20)21(18-11-13-19(28-2)14-12-18)17-22(25)24-15-7-4-8-16-24/h3,5-6,9-14,21H,4,7-8,15-17H2,1-2H3/t21-/m1/s1. The topological polar surface area (TPSA) is 66.9 Å². The minimum atomic E-state index is -3.75. The number of benzene rings is 2. The van der Waals surface area contributed by atoms with E-state index in [1.54, 1.807) is 56.6 Å². The van der Waals surface area contributed by atoms with E-state index < -0.39 is 16.1 Å². The van der Waals surface area contributed by atoms with E-state index in [1.807, 2.05) is 17.0 Å². The summed E-state index contributed by atoms with van der Waals surface area (Å²) in [6, 6.07) is 14.9. The molecule has 0 N–H and O–H groups in total. The van der Waals surface area contributed by atoms with Crippen LogP contribution in [0.1, 0.15) is 37.3 Å².